The molecule has 0 radical (unpaired) electrons. The molecular weight excluding hydrogens is 517 g/mol. The van der Waals surface area contributed by atoms with Crippen molar-refractivity contribution < 1.29 is 9.18 Å². The number of H-pyrrole nitrogens is 2. The van der Waals surface area contributed by atoms with Crippen molar-refractivity contribution in [3.8, 4) is 33.9 Å². The first-order valence-corrected chi connectivity index (χ1v) is 13.0. The Balaban J connectivity index is 1.21. The predicted octanol–water partition coefficient (Wildman–Crippen LogP) is 6.55. The largest absolute Gasteiger partial charge is 0.353 e. The van der Waals surface area contributed by atoms with Crippen LogP contribution in [0.3, 0.4) is 0 Å². The topological polar surface area (TPSA) is 112 Å². The number of carbonyl (C=O) groups is 1. The predicted molar refractivity (Wildman–Crippen MR) is 156 cm³/mol. The Morgan fingerprint density at radius 2 is 1.71 bits per heavy atom. The normalized spacial score (nSPS) is 11.2. The molecule has 198 valence electrons. The first kappa shape index (κ1) is 24.3. The van der Waals surface area contributed by atoms with Crippen molar-refractivity contribution in [1.82, 2.24) is 30.1 Å². The molecule has 7 rings (SSSR count). The second-order valence-corrected chi connectivity index (χ2v) is 9.65. The van der Waals surface area contributed by atoms with Gasteiger partial charge in [0.2, 0.25) is 5.91 Å². The van der Waals surface area contributed by atoms with Gasteiger partial charge in [-0.3, -0.25) is 19.9 Å². The number of fused-ring (bicyclic) bond motifs is 2. The number of benzene rings is 2. The number of aromatic nitrogens is 6. The van der Waals surface area contributed by atoms with Gasteiger partial charge in [0.25, 0.3) is 0 Å². The average Bonchev–Trinajstić information content (AvgIpc) is 3.62. The van der Waals surface area contributed by atoms with Crippen molar-refractivity contribution in [3.05, 3.63) is 115 Å². The summed E-state index contributed by atoms with van der Waals surface area (Å²) < 4.78 is 13.5. The van der Waals surface area contributed by atoms with Crippen molar-refractivity contribution in [1.29, 1.82) is 0 Å². The van der Waals surface area contributed by atoms with Gasteiger partial charge in [-0.05, 0) is 60.2 Å². The maximum absolute atomic E-state index is 13.5. The van der Waals surface area contributed by atoms with E-state index >= 15 is 0 Å². The zero-order chi connectivity index (χ0) is 27.8. The fraction of sp³-hybridized carbons (Fsp3) is 0.0312. The van der Waals surface area contributed by atoms with Crippen LogP contribution in [0.25, 0.3) is 55.8 Å². The first-order chi connectivity index (χ1) is 20.1. The van der Waals surface area contributed by atoms with Gasteiger partial charge < -0.3 is 10.3 Å². The third kappa shape index (κ3) is 4.80. The van der Waals surface area contributed by atoms with Gasteiger partial charge in [-0.25, -0.2) is 9.37 Å². The lowest BCUT2D eigenvalue weighted by Crippen LogP contribution is -2.14. The monoisotopic (exact) mass is 539 g/mol. The molecule has 41 heavy (non-hydrogen) atoms. The molecule has 9 heteroatoms. The molecule has 0 aliphatic heterocycles. The van der Waals surface area contributed by atoms with Gasteiger partial charge >= 0.3 is 0 Å². The molecule has 0 aliphatic carbocycles. The number of nitrogens with one attached hydrogen (secondary N) is 3. The van der Waals surface area contributed by atoms with E-state index in [1.54, 1.807) is 30.7 Å². The first-order valence-electron chi connectivity index (χ1n) is 13.0. The van der Waals surface area contributed by atoms with Crippen LogP contribution in [-0.4, -0.2) is 36.0 Å². The minimum Gasteiger partial charge on any atom is -0.353 e. The molecule has 0 saturated carbocycles. The number of pyridine rings is 3. The van der Waals surface area contributed by atoms with E-state index in [0.717, 1.165) is 44.5 Å². The summed E-state index contributed by atoms with van der Waals surface area (Å²) in [6.45, 7) is 0. The van der Waals surface area contributed by atoms with E-state index in [1.807, 2.05) is 60.7 Å². The fourth-order valence-electron chi connectivity index (χ4n) is 4.90. The third-order valence-electron chi connectivity index (χ3n) is 6.85. The number of aromatic amines is 2. The molecule has 7 aromatic rings. The van der Waals surface area contributed by atoms with Gasteiger partial charge in [-0.1, -0.05) is 30.3 Å². The molecule has 8 nitrogen and oxygen atoms in total. The van der Waals surface area contributed by atoms with Crippen LogP contribution >= 0.6 is 0 Å². The third-order valence-corrected chi connectivity index (χ3v) is 6.85. The molecular formula is C32H22FN7O. The Hall–Kier alpha value is -5.70. The second-order valence-electron chi connectivity index (χ2n) is 9.65. The number of carbonyl (C=O) groups excluding carboxylic acids is 1. The summed E-state index contributed by atoms with van der Waals surface area (Å²) >= 11 is 0. The summed E-state index contributed by atoms with van der Waals surface area (Å²) in [6.07, 6.45) is 5.32. The molecule has 0 atom stereocenters. The lowest BCUT2D eigenvalue weighted by atomic mass is 10.1. The van der Waals surface area contributed by atoms with E-state index in [4.69, 9.17) is 4.98 Å². The van der Waals surface area contributed by atoms with Crippen LogP contribution in [0.1, 0.15) is 5.56 Å². The van der Waals surface area contributed by atoms with Crippen molar-refractivity contribution in [2.24, 2.45) is 0 Å². The smallest absolute Gasteiger partial charge is 0.228 e. The standard InChI is InChI=1S/C32H22FN7O/c33-22-8-6-20(7-9-22)30-24-16-28(37-26(24)12-13-35-30)32-31-27(39-40-32)11-10-25(38-31)21-15-23(18-34-17-21)36-29(41)14-19-4-2-1-3-5-19/h1-13,15-18,37H,14H2,(H,36,41)(H,39,40). The maximum Gasteiger partial charge on any atom is 0.228 e. The van der Waals surface area contributed by atoms with Crippen LogP contribution in [0, 0.1) is 5.82 Å². The fourth-order valence-corrected chi connectivity index (χ4v) is 4.90. The minimum absolute atomic E-state index is 0.121. The van der Waals surface area contributed by atoms with Crippen molar-refractivity contribution in [2.75, 3.05) is 5.32 Å². The number of rotatable bonds is 6. The summed E-state index contributed by atoms with van der Waals surface area (Å²) in [5, 5.41) is 11.4. The van der Waals surface area contributed by atoms with Crippen LogP contribution in [0.15, 0.2) is 104 Å². The summed E-state index contributed by atoms with van der Waals surface area (Å²) in [6, 6.07) is 25.4. The number of hydrogen-bond acceptors (Lipinski definition) is 5. The number of hydrogen-bond donors (Lipinski definition) is 3. The zero-order valence-electron chi connectivity index (χ0n) is 21.6. The molecule has 0 unspecified atom stereocenters. The molecule has 5 aromatic heterocycles. The van der Waals surface area contributed by atoms with E-state index < -0.39 is 0 Å². The van der Waals surface area contributed by atoms with Gasteiger partial charge in [-0.2, -0.15) is 5.10 Å². The van der Waals surface area contributed by atoms with Crippen molar-refractivity contribution >= 4 is 33.5 Å². The number of amides is 1. The molecule has 0 bridgehead atoms. The molecule has 5 heterocycles. The van der Waals surface area contributed by atoms with E-state index in [2.05, 4.69) is 30.5 Å². The highest BCUT2D eigenvalue weighted by atomic mass is 19.1. The molecule has 0 saturated heterocycles. The molecule has 0 spiro atoms. The van der Waals surface area contributed by atoms with Gasteiger partial charge in [0.15, 0.2) is 0 Å². The minimum atomic E-state index is -0.296. The van der Waals surface area contributed by atoms with E-state index in [-0.39, 0.29) is 18.1 Å². The molecule has 3 N–H and O–H groups in total. The number of halogens is 1. The number of anilines is 1. The quantitative estimate of drug-likeness (QED) is 0.222. The zero-order valence-corrected chi connectivity index (χ0v) is 21.6. The molecule has 2 aromatic carbocycles. The van der Waals surface area contributed by atoms with Crippen LogP contribution in [-0.2, 0) is 11.2 Å². The SMILES string of the molecule is O=C(Cc1ccccc1)Nc1cncc(-c2ccc3[nH]nc(-c4cc5c(-c6ccc(F)cc6)nccc5[nH]4)c3n2)c1. The highest BCUT2D eigenvalue weighted by Gasteiger charge is 2.16. The molecule has 0 fully saturated rings. The Labute approximate surface area is 233 Å². The highest BCUT2D eigenvalue weighted by molar-refractivity contribution is 5.99. The summed E-state index contributed by atoms with van der Waals surface area (Å²) in [4.78, 5) is 29.8. The van der Waals surface area contributed by atoms with E-state index in [9.17, 15) is 9.18 Å². The van der Waals surface area contributed by atoms with Gasteiger partial charge in [-0.15, -0.1) is 0 Å². The van der Waals surface area contributed by atoms with Gasteiger partial charge in [0, 0.05) is 34.4 Å². The average molecular weight is 540 g/mol. The Morgan fingerprint density at radius 3 is 2.56 bits per heavy atom. The molecule has 1 amide bonds. The summed E-state index contributed by atoms with van der Waals surface area (Å²) in [7, 11) is 0. The van der Waals surface area contributed by atoms with Gasteiger partial charge in [0.1, 0.15) is 17.0 Å². The van der Waals surface area contributed by atoms with Crippen LogP contribution in [0.2, 0.25) is 0 Å². The summed E-state index contributed by atoms with van der Waals surface area (Å²) in [5.41, 5.74) is 8.31. The van der Waals surface area contributed by atoms with Crippen LogP contribution < -0.4 is 5.32 Å². The molecule has 0 aliphatic rings. The van der Waals surface area contributed by atoms with Crippen molar-refractivity contribution in [3.63, 3.8) is 0 Å². The lowest BCUT2D eigenvalue weighted by molar-refractivity contribution is -0.115. The van der Waals surface area contributed by atoms with Gasteiger partial charge in [0.05, 0.1) is 40.9 Å². The lowest BCUT2D eigenvalue weighted by Gasteiger charge is -2.07. The number of nitrogens with zero attached hydrogens (tertiary/aromatic N) is 4. The highest BCUT2D eigenvalue weighted by Crippen LogP contribution is 2.33. The maximum atomic E-state index is 13.5. The Morgan fingerprint density at radius 1 is 0.854 bits per heavy atom. The van der Waals surface area contributed by atoms with Crippen molar-refractivity contribution in [2.45, 2.75) is 6.42 Å². The Bertz CT molecular complexity index is 2030. The van der Waals surface area contributed by atoms with Crippen LogP contribution in [0.5, 0.6) is 0 Å². The Kier molecular flexibility index (Phi) is 6.01. The van der Waals surface area contributed by atoms with Crippen LogP contribution in [0.4, 0.5) is 10.1 Å². The van der Waals surface area contributed by atoms with E-state index in [1.165, 1.54) is 12.1 Å². The summed E-state index contributed by atoms with van der Waals surface area (Å²) in [5.74, 6) is -0.417. The second kappa shape index (κ2) is 10.1. The van der Waals surface area contributed by atoms with E-state index in [0.29, 0.717) is 22.6 Å².